The topological polar surface area (TPSA) is 29.5 Å². The highest BCUT2D eigenvalue weighted by Gasteiger charge is 2.39. The van der Waals surface area contributed by atoms with Crippen LogP contribution in [0.1, 0.15) is 37.5 Å². The minimum absolute atomic E-state index is 0.127. The maximum Gasteiger partial charge on any atom is 0.192 e. The molecule has 3 aromatic carbocycles. The lowest BCUT2D eigenvalue weighted by Crippen LogP contribution is -2.43. The first-order valence-corrected chi connectivity index (χ1v) is 15.2. The van der Waals surface area contributed by atoms with Gasteiger partial charge in [-0.2, -0.15) is 0 Å². The standard InChI is InChI=1S/C28H36O2SSi/c1-27(2,3)32(4,5)30-21-26(29)22-31-28(23-15-9-6-10-16-23,24-17-11-7-12-18-24)25-19-13-8-14-20-25/h6-20,26,29H,21-22H2,1-5H3/t26-/m0/s1. The minimum atomic E-state index is -1.90. The van der Waals surface area contributed by atoms with E-state index in [2.05, 4.69) is 125 Å². The molecule has 0 aliphatic heterocycles. The monoisotopic (exact) mass is 464 g/mol. The molecular weight excluding hydrogens is 428 g/mol. The van der Waals surface area contributed by atoms with E-state index >= 15 is 0 Å². The van der Waals surface area contributed by atoms with Crippen LogP contribution < -0.4 is 0 Å². The lowest BCUT2D eigenvalue weighted by molar-refractivity contribution is 0.118. The third-order valence-corrected chi connectivity index (χ3v) is 12.7. The summed E-state index contributed by atoms with van der Waals surface area (Å²) in [5, 5.41) is 11.1. The molecule has 2 nitrogen and oxygen atoms in total. The minimum Gasteiger partial charge on any atom is -0.414 e. The van der Waals surface area contributed by atoms with Gasteiger partial charge >= 0.3 is 0 Å². The Bertz CT molecular complexity index is 856. The molecule has 1 atom stereocenters. The first-order chi connectivity index (χ1) is 15.2. The van der Waals surface area contributed by atoms with Crippen molar-refractivity contribution in [1.82, 2.24) is 0 Å². The highest BCUT2D eigenvalue weighted by atomic mass is 32.2. The van der Waals surface area contributed by atoms with Crippen LogP contribution in [0, 0.1) is 0 Å². The predicted octanol–water partition coefficient (Wildman–Crippen LogP) is 7.09. The molecule has 0 fully saturated rings. The molecule has 0 spiro atoms. The van der Waals surface area contributed by atoms with Gasteiger partial charge in [0.15, 0.2) is 8.32 Å². The lowest BCUT2D eigenvalue weighted by Gasteiger charge is -2.38. The van der Waals surface area contributed by atoms with Crippen LogP contribution in [0.4, 0.5) is 0 Å². The van der Waals surface area contributed by atoms with Crippen molar-refractivity contribution in [2.45, 2.75) is 49.8 Å². The molecule has 0 aliphatic rings. The molecule has 0 radical (unpaired) electrons. The summed E-state index contributed by atoms with van der Waals surface area (Å²) in [5.74, 6) is 0.577. The molecule has 4 heteroatoms. The second kappa shape index (κ2) is 10.4. The maximum atomic E-state index is 11.0. The van der Waals surface area contributed by atoms with E-state index in [1.807, 2.05) is 0 Å². The van der Waals surface area contributed by atoms with Crippen LogP contribution >= 0.6 is 11.8 Å². The fourth-order valence-corrected chi connectivity index (χ4v) is 6.05. The van der Waals surface area contributed by atoms with Crippen molar-refractivity contribution < 1.29 is 9.53 Å². The average molecular weight is 465 g/mol. The number of benzene rings is 3. The van der Waals surface area contributed by atoms with Crippen LogP contribution in [0.3, 0.4) is 0 Å². The summed E-state index contributed by atoms with van der Waals surface area (Å²) < 4.78 is 5.90. The van der Waals surface area contributed by atoms with Gasteiger partial charge in [0.2, 0.25) is 0 Å². The van der Waals surface area contributed by atoms with Crippen molar-refractivity contribution in [2.75, 3.05) is 12.4 Å². The highest BCUT2D eigenvalue weighted by molar-refractivity contribution is 8.00. The zero-order valence-electron chi connectivity index (χ0n) is 19.9. The van der Waals surface area contributed by atoms with E-state index in [4.69, 9.17) is 4.43 Å². The summed E-state index contributed by atoms with van der Waals surface area (Å²) in [6.07, 6.45) is -0.537. The van der Waals surface area contributed by atoms with E-state index < -0.39 is 19.2 Å². The Morgan fingerprint density at radius 3 is 1.47 bits per heavy atom. The van der Waals surface area contributed by atoms with E-state index in [0.717, 1.165) is 0 Å². The molecule has 3 rings (SSSR count). The quantitative estimate of drug-likeness (QED) is 0.271. The van der Waals surface area contributed by atoms with Gasteiger partial charge in [0, 0.05) is 5.75 Å². The Morgan fingerprint density at radius 1 is 0.750 bits per heavy atom. The molecule has 1 N–H and O–H groups in total. The summed E-state index contributed by atoms with van der Waals surface area (Å²) in [4.78, 5) is 0. The van der Waals surface area contributed by atoms with Crippen LogP contribution in [0.2, 0.25) is 18.1 Å². The van der Waals surface area contributed by atoms with Gasteiger partial charge in [-0.25, -0.2) is 0 Å². The largest absolute Gasteiger partial charge is 0.414 e. The zero-order valence-corrected chi connectivity index (χ0v) is 21.7. The maximum absolute atomic E-state index is 11.0. The number of aliphatic hydroxyl groups excluding tert-OH is 1. The van der Waals surface area contributed by atoms with E-state index in [9.17, 15) is 5.11 Å². The smallest absolute Gasteiger partial charge is 0.192 e. The molecule has 0 aromatic heterocycles. The molecule has 0 aliphatic carbocycles. The fraction of sp³-hybridized carbons (Fsp3) is 0.357. The molecule has 32 heavy (non-hydrogen) atoms. The molecule has 0 saturated carbocycles. The number of thioether (sulfide) groups is 1. The molecule has 0 saturated heterocycles. The Labute approximate surface area is 199 Å². The normalized spacial score (nSPS) is 13.7. The van der Waals surface area contributed by atoms with Crippen LogP contribution in [-0.4, -0.2) is 31.9 Å². The molecular formula is C28H36O2SSi. The third-order valence-electron chi connectivity index (χ3n) is 6.48. The summed E-state index contributed by atoms with van der Waals surface area (Å²) in [6, 6.07) is 31.8. The Kier molecular flexibility index (Phi) is 8.05. The predicted molar refractivity (Wildman–Crippen MR) is 141 cm³/mol. The van der Waals surface area contributed by atoms with Crippen LogP contribution in [-0.2, 0) is 9.17 Å². The SMILES string of the molecule is CC(C)(C)[Si](C)(C)OC[C@H](O)CSC(c1ccccc1)(c1ccccc1)c1ccccc1. The third kappa shape index (κ3) is 5.55. The van der Waals surface area contributed by atoms with E-state index in [0.29, 0.717) is 12.4 Å². The summed E-state index contributed by atoms with van der Waals surface area (Å²) in [5.41, 5.74) is 3.62. The Hall–Kier alpha value is -1.85. The van der Waals surface area contributed by atoms with Crippen LogP contribution in [0.25, 0.3) is 0 Å². The van der Waals surface area contributed by atoms with E-state index in [1.165, 1.54) is 16.7 Å². The second-order valence-electron chi connectivity index (χ2n) is 9.82. The van der Waals surface area contributed by atoms with Crippen molar-refractivity contribution in [3.05, 3.63) is 108 Å². The number of aliphatic hydroxyl groups is 1. The lowest BCUT2D eigenvalue weighted by atomic mass is 9.84. The summed E-state index contributed by atoms with van der Waals surface area (Å²) in [7, 11) is -1.90. The van der Waals surface area contributed by atoms with Crippen molar-refractivity contribution in [3.8, 4) is 0 Å². The summed E-state index contributed by atoms with van der Waals surface area (Å²) in [6.45, 7) is 11.5. The molecule has 3 aromatic rings. The Balaban J connectivity index is 1.94. The van der Waals surface area contributed by atoms with Crippen molar-refractivity contribution in [2.24, 2.45) is 0 Å². The van der Waals surface area contributed by atoms with Gasteiger partial charge in [-0.1, -0.05) is 112 Å². The molecule has 170 valence electrons. The van der Waals surface area contributed by atoms with Gasteiger partial charge in [-0.05, 0) is 34.8 Å². The first kappa shape index (κ1) is 24.8. The number of hydrogen-bond acceptors (Lipinski definition) is 3. The first-order valence-electron chi connectivity index (χ1n) is 11.3. The summed E-state index contributed by atoms with van der Waals surface area (Å²) >= 11 is 1.78. The van der Waals surface area contributed by atoms with Crippen molar-refractivity contribution >= 4 is 20.1 Å². The van der Waals surface area contributed by atoms with Gasteiger partial charge < -0.3 is 9.53 Å². The highest BCUT2D eigenvalue weighted by Crippen LogP contribution is 2.48. The van der Waals surface area contributed by atoms with Crippen molar-refractivity contribution in [3.63, 3.8) is 0 Å². The van der Waals surface area contributed by atoms with Gasteiger partial charge in [0.05, 0.1) is 17.5 Å². The van der Waals surface area contributed by atoms with E-state index in [-0.39, 0.29) is 5.04 Å². The number of rotatable bonds is 9. The zero-order chi connectivity index (χ0) is 23.2. The molecule has 0 bridgehead atoms. The van der Waals surface area contributed by atoms with Gasteiger partial charge in [0.25, 0.3) is 0 Å². The average Bonchev–Trinajstić information content (AvgIpc) is 2.79. The van der Waals surface area contributed by atoms with Gasteiger partial charge in [-0.3, -0.25) is 0 Å². The molecule has 0 unspecified atom stereocenters. The Morgan fingerprint density at radius 2 is 1.12 bits per heavy atom. The van der Waals surface area contributed by atoms with Gasteiger partial charge in [-0.15, -0.1) is 11.8 Å². The van der Waals surface area contributed by atoms with Gasteiger partial charge in [0.1, 0.15) is 0 Å². The van der Waals surface area contributed by atoms with E-state index in [1.54, 1.807) is 11.8 Å². The van der Waals surface area contributed by atoms with Crippen LogP contribution in [0.15, 0.2) is 91.0 Å². The van der Waals surface area contributed by atoms with Crippen molar-refractivity contribution in [1.29, 1.82) is 0 Å². The number of hydrogen-bond donors (Lipinski definition) is 1. The fourth-order valence-electron chi connectivity index (χ4n) is 3.56. The molecule has 0 heterocycles. The second-order valence-corrected chi connectivity index (χ2v) is 15.9. The molecule has 0 amide bonds. The van der Waals surface area contributed by atoms with Crippen LogP contribution in [0.5, 0.6) is 0 Å².